The van der Waals surface area contributed by atoms with Gasteiger partial charge >= 0.3 is 11.9 Å². The topological polar surface area (TPSA) is 61.8 Å². The molecule has 0 aliphatic carbocycles. The molecule has 0 rings (SSSR count). The van der Waals surface area contributed by atoms with Gasteiger partial charge in [-0.1, -0.05) is 211 Å². The van der Waals surface area contributed by atoms with E-state index in [1.807, 2.05) is 0 Å². The molecule has 0 radical (unpaired) electrons. The van der Waals surface area contributed by atoms with Gasteiger partial charge in [-0.2, -0.15) is 0 Å². The van der Waals surface area contributed by atoms with Gasteiger partial charge < -0.3 is 14.2 Å². The van der Waals surface area contributed by atoms with Crippen LogP contribution in [0.5, 0.6) is 0 Å². The smallest absolute Gasteiger partial charge is 0.306 e. The van der Waals surface area contributed by atoms with Crippen molar-refractivity contribution in [3.8, 4) is 0 Å². The van der Waals surface area contributed by atoms with Crippen LogP contribution in [0.15, 0.2) is 36.5 Å². The quantitative estimate of drug-likeness (QED) is 0.0352. The van der Waals surface area contributed by atoms with Gasteiger partial charge in [0.1, 0.15) is 6.61 Å². The third-order valence-corrected chi connectivity index (χ3v) is 10.2. The molecular formula is C49H90O5. The summed E-state index contributed by atoms with van der Waals surface area (Å²) >= 11 is 0. The summed E-state index contributed by atoms with van der Waals surface area (Å²) in [6.45, 7) is 7.66. The maximum absolute atomic E-state index is 12.5. The lowest BCUT2D eigenvalue weighted by atomic mass is 10.0. The number of carbonyl (C=O) groups excluding carboxylic acids is 2. The molecule has 0 bridgehead atoms. The maximum atomic E-state index is 12.5. The van der Waals surface area contributed by atoms with Crippen LogP contribution in [-0.2, 0) is 23.8 Å². The van der Waals surface area contributed by atoms with E-state index in [2.05, 4.69) is 57.2 Å². The van der Waals surface area contributed by atoms with Crippen molar-refractivity contribution in [2.75, 3.05) is 19.8 Å². The molecule has 0 spiro atoms. The van der Waals surface area contributed by atoms with Gasteiger partial charge in [0, 0.05) is 19.4 Å². The van der Waals surface area contributed by atoms with Crippen molar-refractivity contribution in [3.63, 3.8) is 0 Å². The van der Waals surface area contributed by atoms with Gasteiger partial charge in [-0.05, 0) is 51.4 Å². The third kappa shape index (κ3) is 42.9. The summed E-state index contributed by atoms with van der Waals surface area (Å²) in [5, 5.41) is 0. The minimum absolute atomic E-state index is 0.0799. The lowest BCUT2D eigenvalue weighted by molar-refractivity contribution is -0.163. The second kappa shape index (κ2) is 45.5. The fourth-order valence-corrected chi connectivity index (χ4v) is 6.70. The number of hydrogen-bond donors (Lipinski definition) is 0. The molecule has 0 heterocycles. The highest BCUT2D eigenvalue weighted by Crippen LogP contribution is 2.15. The Kier molecular flexibility index (Phi) is 43.9. The first-order chi connectivity index (χ1) is 26.6. The van der Waals surface area contributed by atoms with Crippen LogP contribution in [0.3, 0.4) is 0 Å². The highest BCUT2D eigenvalue weighted by molar-refractivity contribution is 5.70. The molecule has 0 amide bonds. The minimum Gasteiger partial charge on any atom is -0.462 e. The molecule has 1 atom stereocenters. The van der Waals surface area contributed by atoms with Crippen LogP contribution in [0.2, 0.25) is 0 Å². The normalized spacial score (nSPS) is 12.4. The molecule has 0 aromatic rings. The van der Waals surface area contributed by atoms with E-state index in [1.54, 1.807) is 0 Å². The van der Waals surface area contributed by atoms with Crippen LogP contribution in [0.1, 0.15) is 239 Å². The summed E-state index contributed by atoms with van der Waals surface area (Å²) in [5.41, 5.74) is 0. The van der Waals surface area contributed by atoms with Gasteiger partial charge in [0.05, 0.1) is 6.61 Å². The lowest BCUT2D eigenvalue weighted by Gasteiger charge is -2.18. The molecule has 54 heavy (non-hydrogen) atoms. The Morgan fingerprint density at radius 1 is 0.426 bits per heavy atom. The van der Waals surface area contributed by atoms with E-state index < -0.39 is 6.10 Å². The Bertz CT molecular complexity index is 862. The van der Waals surface area contributed by atoms with Gasteiger partial charge in [0.15, 0.2) is 6.10 Å². The summed E-state index contributed by atoms with van der Waals surface area (Å²) < 4.78 is 17.2. The molecular weight excluding hydrogens is 669 g/mol. The van der Waals surface area contributed by atoms with E-state index in [9.17, 15) is 9.59 Å². The van der Waals surface area contributed by atoms with Gasteiger partial charge in [-0.15, -0.1) is 0 Å². The average Bonchev–Trinajstić information content (AvgIpc) is 3.17. The average molecular weight is 759 g/mol. The van der Waals surface area contributed by atoms with Gasteiger partial charge in [-0.25, -0.2) is 0 Å². The minimum atomic E-state index is -0.533. The van der Waals surface area contributed by atoms with E-state index in [0.29, 0.717) is 19.4 Å². The molecule has 0 aromatic heterocycles. The van der Waals surface area contributed by atoms with Crippen LogP contribution in [-0.4, -0.2) is 37.9 Å². The fraction of sp³-hybridized carbons (Fsp3) is 0.837. The zero-order chi connectivity index (χ0) is 39.3. The molecule has 316 valence electrons. The van der Waals surface area contributed by atoms with Crippen molar-refractivity contribution in [3.05, 3.63) is 36.5 Å². The summed E-state index contributed by atoms with van der Waals surface area (Å²) in [6.07, 6.45) is 53.2. The van der Waals surface area contributed by atoms with Crippen molar-refractivity contribution in [2.45, 2.75) is 245 Å². The van der Waals surface area contributed by atoms with Gasteiger partial charge in [0.2, 0.25) is 0 Å². The zero-order valence-electron chi connectivity index (χ0n) is 36.2. The van der Waals surface area contributed by atoms with Crippen molar-refractivity contribution in [1.82, 2.24) is 0 Å². The predicted octanol–water partition coefficient (Wildman–Crippen LogP) is 15.4. The summed E-state index contributed by atoms with van der Waals surface area (Å²) in [5.74, 6) is -0.421. The molecule has 0 saturated carbocycles. The van der Waals surface area contributed by atoms with E-state index in [0.717, 1.165) is 70.6 Å². The maximum Gasteiger partial charge on any atom is 0.306 e. The van der Waals surface area contributed by atoms with Crippen LogP contribution in [0.4, 0.5) is 0 Å². The number of rotatable bonds is 43. The molecule has 0 aliphatic rings. The van der Waals surface area contributed by atoms with Gasteiger partial charge in [-0.3, -0.25) is 9.59 Å². The zero-order valence-corrected chi connectivity index (χ0v) is 36.2. The summed E-state index contributed by atoms with van der Waals surface area (Å²) in [4.78, 5) is 25.0. The second-order valence-corrected chi connectivity index (χ2v) is 15.6. The third-order valence-electron chi connectivity index (χ3n) is 10.2. The highest BCUT2D eigenvalue weighted by Gasteiger charge is 2.17. The molecule has 5 heteroatoms. The van der Waals surface area contributed by atoms with Crippen LogP contribution in [0, 0.1) is 0 Å². The number of ether oxygens (including phenoxy) is 3. The SMILES string of the molecule is CC/C=C\C/C=C\C/C=C\CCCCCCCC(=O)OCC(COCCCCCCCCCCCCCCCCCCCC)OC(=O)CCCCCCC. The molecule has 1 unspecified atom stereocenters. The molecule has 0 aromatic carbocycles. The fourth-order valence-electron chi connectivity index (χ4n) is 6.70. The number of unbranched alkanes of at least 4 members (excludes halogenated alkanes) is 26. The Balaban J connectivity index is 4.02. The number of allylic oxidation sites excluding steroid dienone is 6. The molecule has 0 fully saturated rings. The lowest BCUT2D eigenvalue weighted by Crippen LogP contribution is -2.30. The van der Waals surface area contributed by atoms with E-state index in [4.69, 9.17) is 14.2 Å². The number of esters is 2. The number of hydrogen-bond acceptors (Lipinski definition) is 5. The van der Waals surface area contributed by atoms with Crippen molar-refractivity contribution in [2.24, 2.45) is 0 Å². The van der Waals surface area contributed by atoms with E-state index in [1.165, 1.54) is 135 Å². The molecule has 5 nitrogen and oxygen atoms in total. The monoisotopic (exact) mass is 759 g/mol. The van der Waals surface area contributed by atoms with E-state index >= 15 is 0 Å². The standard InChI is InChI=1S/C49H90O5/c1-4-7-10-13-15-17-19-21-23-24-25-27-29-31-33-35-38-41-44-52-45-47(54-49(51)43-40-36-12-9-6-3)46-53-48(50)42-39-37-34-32-30-28-26-22-20-18-16-14-11-8-5-2/h8,11,16,18,22,26,47H,4-7,9-10,12-15,17,19-21,23-25,27-46H2,1-3H3/b11-8-,18-16-,26-22-. The predicted molar refractivity (Wildman–Crippen MR) is 233 cm³/mol. The van der Waals surface area contributed by atoms with Crippen molar-refractivity contribution >= 4 is 11.9 Å². The van der Waals surface area contributed by atoms with Crippen LogP contribution >= 0.6 is 0 Å². The number of carbonyl (C=O) groups is 2. The Labute approximate surface area is 336 Å². The first-order valence-electron chi connectivity index (χ1n) is 23.5. The second-order valence-electron chi connectivity index (χ2n) is 15.6. The largest absolute Gasteiger partial charge is 0.462 e. The first kappa shape index (κ1) is 52.1. The first-order valence-corrected chi connectivity index (χ1v) is 23.5. The van der Waals surface area contributed by atoms with Crippen molar-refractivity contribution in [1.29, 1.82) is 0 Å². The summed E-state index contributed by atoms with van der Waals surface area (Å²) in [7, 11) is 0. The highest BCUT2D eigenvalue weighted by atomic mass is 16.6. The summed E-state index contributed by atoms with van der Waals surface area (Å²) in [6, 6.07) is 0. The van der Waals surface area contributed by atoms with E-state index in [-0.39, 0.29) is 25.2 Å². The van der Waals surface area contributed by atoms with Crippen LogP contribution < -0.4 is 0 Å². The Hall–Kier alpha value is -1.88. The van der Waals surface area contributed by atoms with Crippen LogP contribution in [0.25, 0.3) is 0 Å². The van der Waals surface area contributed by atoms with Crippen molar-refractivity contribution < 1.29 is 23.8 Å². The van der Waals surface area contributed by atoms with Gasteiger partial charge in [0.25, 0.3) is 0 Å². The molecule has 0 N–H and O–H groups in total. The molecule has 0 aliphatic heterocycles. The molecule has 0 saturated heterocycles. The Morgan fingerprint density at radius 3 is 1.33 bits per heavy atom. The Morgan fingerprint density at radius 2 is 0.833 bits per heavy atom.